The van der Waals surface area contributed by atoms with Gasteiger partial charge in [0.05, 0.1) is 5.69 Å². The number of nitrogens with zero attached hydrogens (tertiary/aromatic N) is 5. The van der Waals surface area contributed by atoms with Gasteiger partial charge >= 0.3 is 6.18 Å². The first-order valence-corrected chi connectivity index (χ1v) is 7.31. The summed E-state index contributed by atoms with van der Waals surface area (Å²) in [5.74, 6) is -0.0326. The summed E-state index contributed by atoms with van der Waals surface area (Å²) in [7, 11) is 0. The molecule has 0 aliphatic rings. The van der Waals surface area contributed by atoms with Crippen molar-refractivity contribution < 1.29 is 17.7 Å². The molecule has 1 N–H and O–H groups in total. The summed E-state index contributed by atoms with van der Waals surface area (Å²) >= 11 is 0. The van der Waals surface area contributed by atoms with Crippen LogP contribution in [0, 0.1) is 13.8 Å². The largest absolute Gasteiger partial charge is 0.453 e. The summed E-state index contributed by atoms with van der Waals surface area (Å²) in [6.45, 7) is 4.27. The third-order valence-corrected chi connectivity index (χ3v) is 3.61. The van der Waals surface area contributed by atoms with E-state index in [1.54, 1.807) is 6.07 Å². The fourth-order valence-electron chi connectivity index (χ4n) is 2.40. The third-order valence-electron chi connectivity index (χ3n) is 3.61. The molecule has 7 nitrogen and oxygen atoms in total. The van der Waals surface area contributed by atoms with Crippen LogP contribution in [0.5, 0.6) is 0 Å². The summed E-state index contributed by atoms with van der Waals surface area (Å²) in [5, 5.41) is 17.4. The zero-order valence-electron chi connectivity index (χ0n) is 13.1. The highest BCUT2D eigenvalue weighted by atomic mass is 19.4. The van der Waals surface area contributed by atoms with Gasteiger partial charge in [-0.1, -0.05) is 5.16 Å². The van der Waals surface area contributed by atoms with Crippen LogP contribution >= 0.6 is 0 Å². The second-order valence-corrected chi connectivity index (χ2v) is 5.34. The highest BCUT2D eigenvalue weighted by molar-refractivity contribution is 5.44. The van der Waals surface area contributed by atoms with Crippen molar-refractivity contribution in [3.63, 3.8) is 0 Å². The van der Waals surface area contributed by atoms with Gasteiger partial charge in [0.2, 0.25) is 0 Å². The summed E-state index contributed by atoms with van der Waals surface area (Å²) in [4.78, 5) is 0. The standard InChI is InChI=1S/C14H15F3N6O/c1-8-10(9(2)24-22-8)4-3-7-18-11-5-6-12-19-20-13(14(15,16)17)23(12)21-11/h5-6H,3-4,7H2,1-2H3,(H,18,21). The van der Waals surface area contributed by atoms with E-state index in [-0.39, 0.29) is 5.65 Å². The number of anilines is 1. The lowest BCUT2D eigenvalue weighted by molar-refractivity contribution is -0.146. The van der Waals surface area contributed by atoms with E-state index in [9.17, 15) is 13.2 Å². The molecule has 24 heavy (non-hydrogen) atoms. The fourth-order valence-corrected chi connectivity index (χ4v) is 2.40. The molecule has 0 spiro atoms. The van der Waals surface area contributed by atoms with Gasteiger partial charge in [-0.25, -0.2) is 0 Å². The number of hydrogen-bond acceptors (Lipinski definition) is 6. The number of hydrogen-bond donors (Lipinski definition) is 1. The lowest BCUT2D eigenvalue weighted by atomic mass is 10.1. The average Bonchev–Trinajstić information content (AvgIpc) is 3.08. The first kappa shape index (κ1) is 16.2. The topological polar surface area (TPSA) is 81.1 Å². The minimum absolute atomic E-state index is 0.0450. The molecule has 10 heteroatoms. The zero-order chi connectivity index (χ0) is 17.3. The SMILES string of the molecule is Cc1noc(C)c1CCCNc1ccc2nnc(C(F)(F)F)n2n1. The van der Waals surface area contributed by atoms with Gasteiger partial charge in [-0.2, -0.15) is 17.7 Å². The average molecular weight is 340 g/mol. The molecule has 3 rings (SSSR count). The van der Waals surface area contributed by atoms with Crippen LogP contribution < -0.4 is 5.32 Å². The maximum atomic E-state index is 12.8. The van der Waals surface area contributed by atoms with E-state index in [1.807, 2.05) is 13.8 Å². The molecule has 128 valence electrons. The van der Waals surface area contributed by atoms with Gasteiger partial charge in [-0.3, -0.25) is 0 Å². The molecule has 0 radical (unpaired) electrons. The van der Waals surface area contributed by atoms with Gasteiger partial charge in [0.25, 0.3) is 5.82 Å². The third kappa shape index (κ3) is 3.17. The Morgan fingerprint density at radius 3 is 2.67 bits per heavy atom. The molecule has 0 bridgehead atoms. The van der Waals surface area contributed by atoms with Crippen LogP contribution in [0.25, 0.3) is 5.65 Å². The van der Waals surface area contributed by atoms with Crippen LogP contribution in [0.1, 0.15) is 29.3 Å². The Kier molecular flexibility index (Phi) is 4.12. The van der Waals surface area contributed by atoms with Crippen molar-refractivity contribution in [2.75, 3.05) is 11.9 Å². The molecule has 0 aromatic carbocycles. The summed E-state index contributed by atoms with van der Waals surface area (Å²) in [6, 6.07) is 3.01. The number of aromatic nitrogens is 5. The maximum Gasteiger partial charge on any atom is 0.453 e. The second kappa shape index (κ2) is 6.10. The van der Waals surface area contributed by atoms with E-state index in [2.05, 4.69) is 25.8 Å². The first-order valence-electron chi connectivity index (χ1n) is 7.31. The number of alkyl halides is 3. The molecule has 3 aromatic heterocycles. The molecule has 3 aromatic rings. The maximum absolute atomic E-state index is 12.8. The quantitative estimate of drug-likeness (QED) is 0.719. The number of fused-ring (bicyclic) bond motifs is 1. The minimum atomic E-state index is -4.60. The van der Waals surface area contributed by atoms with Crippen molar-refractivity contribution in [2.45, 2.75) is 32.9 Å². The molecule has 3 heterocycles. The Morgan fingerprint density at radius 2 is 2.00 bits per heavy atom. The van der Waals surface area contributed by atoms with E-state index >= 15 is 0 Å². The van der Waals surface area contributed by atoms with Crippen molar-refractivity contribution in [3.8, 4) is 0 Å². The predicted molar refractivity (Wildman–Crippen MR) is 78.6 cm³/mol. The van der Waals surface area contributed by atoms with Crippen LogP contribution in [0.4, 0.5) is 19.0 Å². The van der Waals surface area contributed by atoms with Crippen molar-refractivity contribution in [3.05, 3.63) is 35.0 Å². The molecule has 0 amide bonds. The Morgan fingerprint density at radius 1 is 1.21 bits per heavy atom. The molecular formula is C14H15F3N6O. The summed E-state index contributed by atoms with van der Waals surface area (Å²) in [5.41, 5.74) is 1.95. The van der Waals surface area contributed by atoms with Crippen LogP contribution in [0.3, 0.4) is 0 Å². The smallest absolute Gasteiger partial charge is 0.369 e. The van der Waals surface area contributed by atoms with Crippen LogP contribution in [0.15, 0.2) is 16.7 Å². The van der Waals surface area contributed by atoms with Crippen LogP contribution in [0.2, 0.25) is 0 Å². The van der Waals surface area contributed by atoms with Crippen molar-refractivity contribution in [1.82, 2.24) is 25.0 Å². The van der Waals surface area contributed by atoms with E-state index in [0.29, 0.717) is 16.9 Å². The minimum Gasteiger partial charge on any atom is -0.369 e. The molecule has 0 saturated heterocycles. The molecule has 0 aliphatic carbocycles. The monoisotopic (exact) mass is 340 g/mol. The van der Waals surface area contributed by atoms with Crippen molar-refractivity contribution >= 4 is 11.5 Å². The van der Waals surface area contributed by atoms with Gasteiger partial charge in [0, 0.05) is 12.1 Å². The lowest BCUT2D eigenvalue weighted by Crippen LogP contribution is -2.14. The second-order valence-electron chi connectivity index (χ2n) is 5.34. The number of rotatable bonds is 5. The van der Waals surface area contributed by atoms with E-state index in [0.717, 1.165) is 29.9 Å². The van der Waals surface area contributed by atoms with Gasteiger partial charge in [0.15, 0.2) is 5.65 Å². The molecule has 0 aliphatic heterocycles. The normalized spacial score (nSPS) is 12.0. The number of nitrogens with one attached hydrogen (secondary N) is 1. The molecule has 0 saturated carbocycles. The highest BCUT2D eigenvalue weighted by Gasteiger charge is 2.37. The van der Waals surface area contributed by atoms with Crippen LogP contribution in [-0.4, -0.2) is 31.5 Å². The van der Waals surface area contributed by atoms with E-state index in [1.165, 1.54) is 6.07 Å². The van der Waals surface area contributed by atoms with Gasteiger partial charge in [-0.05, 0) is 38.8 Å². The zero-order valence-corrected chi connectivity index (χ0v) is 13.1. The number of halogens is 3. The Hall–Kier alpha value is -2.65. The predicted octanol–water partition coefficient (Wildman–Crippen LogP) is 2.79. The summed E-state index contributed by atoms with van der Waals surface area (Å²) in [6.07, 6.45) is -3.08. The van der Waals surface area contributed by atoms with Gasteiger partial charge in [-0.15, -0.1) is 15.3 Å². The molecule has 0 fully saturated rings. The van der Waals surface area contributed by atoms with Crippen LogP contribution in [-0.2, 0) is 12.6 Å². The van der Waals surface area contributed by atoms with Gasteiger partial charge < -0.3 is 9.84 Å². The van der Waals surface area contributed by atoms with Gasteiger partial charge in [0.1, 0.15) is 11.6 Å². The fraction of sp³-hybridized carbons (Fsp3) is 0.429. The van der Waals surface area contributed by atoms with Crippen molar-refractivity contribution in [1.29, 1.82) is 0 Å². The van der Waals surface area contributed by atoms with E-state index in [4.69, 9.17) is 4.52 Å². The Labute approximate surface area is 134 Å². The highest BCUT2D eigenvalue weighted by Crippen LogP contribution is 2.27. The lowest BCUT2D eigenvalue weighted by Gasteiger charge is -2.07. The Balaban J connectivity index is 1.65. The first-order chi connectivity index (χ1) is 11.4. The van der Waals surface area contributed by atoms with Crippen molar-refractivity contribution in [2.24, 2.45) is 0 Å². The Bertz CT molecular complexity index is 834. The number of aryl methyl sites for hydroxylation is 2. The molecule has 0 unspecified atom stereocenters. The summed E-state index contributed by atoms with van der Waals surface area (Å²) < 4.78 is 44.3. The van der Waals surface area contributed by atoms with E-state index < -0.39 is 12.0 Å². The molecular weight excluding hydrogens is 325 g/mol. The molecule has 0 atom stereocenters.